The lowest BCUT2D eigenvalue weighted by atomic mass is 9.82. The van der Waals surface area contributed by atoms with Crippen molar-refractivity contribution in [2.75, 3.05) is 25.0 Å². The van der Waals surface area contributed by atoms with Crippen molar-refractivity contribution in [3.8, 4) is 0 Å². The molecular weight excluding hydrogens is 267 g/mol. The zero-order valence-corrected chi connectivity index (χ0v) is 12.3. The van der Waals surface area contributed by atoms with Crippen LogP contribution < -0.4 is 0 Å². The van der Waals surface area contributed by atoms with Gasteiger partial charge >= 0.3 is 0 Å². The molecule has 0 spiro atoms. The van der Waals surface area contributed by atoms with Gasteiger partial charge < -0.3 is 4.74 Å². The average molecular weight is 287 g/mol. The molecule has 2 rings (SSSR count). The van der Waals surface area contributed by atoms with Crippen molar-refractivity contribution in [1.82, 2.24) is 0 Å². The molecule has 0 heterocycles. The van der Waals surface area contributed by atoms with Crippen LogP contribution in [0.4, 0.5) is 0 Å². The number of aryl methyl sites for hydroxylation is 1. The van der Waals surface area contributed by atoms with Crippen molar-refractivity contribution in [1.29, 1.82) is 0 Å². The Labute approximate surface area is 119 Å². The number of benzene rings is 1. The van der Waals surface area contributed by atoms with Crippen molar-refractivity contribution in [3.05, 3.63) is 35.4 Å². The fourth-order valence-electron chi connectivity index (χ4n) is 2.21. The molecule has 0 aliphatic heterocycles. The van der Waals surface area contributed by atoms with Crippen LogP contribution in [0.15, 0.2) is 24.3 Å². The number of hydrogen-bond acceptors (Lipinski definition) is 1. The number of hydrogen-bond donors (Lipinski definition) is 0. The Balaban J connectivity index is 2.11. The van der Waals surface area contributed by atoms with Crippen LogP contribution in [0.2, 0.25) is 0 Å². The smallest absolute Gasteiger partial charge is 0.0586 e. The molecule has 100 valence electrons. The van der Waals surface area contributed by atoms with Crippen LogP contribution in [-0.4, -0.2) is 25.0 Å². The summed E-state index contributed by atoms with van der Waals surface area (Å²) in [4.78, 5) is 0. The molecule has 3 heteroatoms. The van der Waals surface area contributed by atoms with Gasteiger partial charge in [-0.25, -0.2) is 0 Å². The van der Waals surface area contributed by atoms with Crippen molar-refractivity contribution in [2.24, 2.45) is 5.92 Å². The summed E-state index contributed by atoms with van der Waals surface area (Å²) in [5.41, 5.74) is 2.18. The van der Waals surface area contributed by atoms with Crippen LogP contribution in [0.25, 0.3) is 0 Å². The molecule has 1 saturated carbocycles. The van der Waals surface area contributed by atoms with E-state index in [0.29, 0.717) is 18.4 Å². The summed E-state index contributed by atoms with van der Waals surface area (Å²) in [6.07, 6.45) is 2.61. The standard InChI is InChI=1S/C15H20Cl2O/c1-12-4-2-3-5-14(12)15(9-16,10-17)11-18-8-13-6-7-13/h2-5,13H,6-11H2,1H3. The van der Waals surface area contributed by atoms with E-state index in [0.717, 1.165) is 12.5 Å². The quantitative estimate of drug-likeness (QED) is 0.685. The highest BCUT2D eigenvalue weighted by Gasteiger charge is 2.33. The Kier molecular flexibility index (Phi) is 4.94. The highest BCUT2D eigenvalue weighted by molar-refractivity contribution is 6.22. The molecule has 1 aromatic carbocycles. The fraction of sp³-hybridized carbons (Fsp3) is 0.600. The molecule has 1 nitrogen and oxygen atoms in total. The third-order valence-corrected chi connectivity index (χ3v) is 4.68. The van der Waals surface area contributed by atoms with Gasteiger partial charge in [-0.2, -0.15) is 0 Å². The van der Waals surface area contributed by atoms with E-state index in [4.69, 9.17) is 27.9 Å². The van der Waals surface area contributed by atoms with Crippen LogP contribution in [0.5, 0.6) is 0 Å². The Morgan fingerprint density at radius 3 is 2.44 bits per heavy atom. The van der Waals surface area contributed by atoms with E-state index in [2.05, 4.69) is 19.1 Å². The Morgan fingerprint density at radius 2 is 1.89 bits per heavy atom. The molecule has 0 saturated heterocycles. The third-order valence-electron chi connectivity index (χ3n) is 3.66. The minimum atomic E-state index is -0.261. The molecule has 0 N–H and O–H groups in total. The van der Waals surface area contributed by atoms with Gasteiger partial charge in [0.1, 0.15) is 0 Å². The van der Waals surface area contributed by atoms with Gasteiger partial charge in [0.05, 0.1) is 6.61 Å². The van der Waals surface area contributed by atoms with Gasteiger partial charge in [0.2, 0.25) is 0 Å². The van der Waals surface area contributed by atoms with Gasteiger partial charge in [0.15, 0.2) is 0 Å². The maximum Gasteiger partial charge on any atom is 0.0586 e. The first-order chi connectivity index (χ1) is 8.72. The van der Waals surface area contributed by atoms with Crippen LogP contribution in [0.3, 0.4) is 0 Å². The lowest BCUT2D eigenvalue weighted by Crippen LogP contribution is -2.37. The highest BCUT2D eigenvalue weighted by Crippen LogP contribution is 2.33. The van der Waals surface area contributed by atoms with Crippen molar-refractivity contribution < 1.29 is 4.74 Å². The molecule has 18 heavy (non-hydrogen) atoms. The van der Waals surface area contributed by atoms with Crippen LogP contribution in [0, 0.1) is 12.8 Å². The lowest BCUT2D eigenvalue weighted by Gasteiger charge is -2.31. The monoisotopic (exact) mass is 286 g/mol. The summed E-state index contributed by atoms with van der Waals surface area (Å²) < 4.78 is 5.85. The molecule has 1 aromatic rings. The maximum atomic E-state index is 6.20. The molecule has 1 aliphatic rings. The van der Waals surface area contributed by atoms with E-state index in [9.17, 15) is 0 Å². The topological polar surface area (TPSA) is 9.23 Å². The highest BCUT2D eigenvalue weighted by atomic mass is 35.5. The van der Waals surface area contributed by atoms with Crippen LogP contribution in [0.1, 0.15) is 24.0 Å². The van der Waals surface area contributed by atoms with Crippen LogP contribution >= 0.6 is 23.2 Å². The van der Waals surface area contributed by atoms with Gasteiger partial charge in [-0.3, -0.25) is 0 Å². The van der Waals surface area contributed by atoms with Crippen molar-refractivity contribution >= 4 is 23.2 Å². The zero-order chi connectivity index (χ0) is 13.0. The first kappa shape index (κ1) is 14.2. The van der Waals surface area contributed by atoms with E-state index in [1.807, 2.05) is 12.1 Å². The summed E-state index contributed by atoms with van der Waals surface area (Å²) >= 11 is 12.4. The molecule has 0 unspecified atom stereocenters. The summed E-state index contributed by atoms with van der Waals surface area (Å²) in [6.45, 7) is 3.56. The predicted molar refractivity (Wildman–Crippen MR) is 77.8 cm³/mol. The summed E-state index contributed by atoms with van der Waals surface area (Å²) in [6, 6.07) is 8.29. The third kappa shape index (κ3) is 3.20. The Morgan fingerprint density at radius 1 is 1.22 bits per heavy atom. The molecular formula is C15H20Cl2O. The van der Waals surface area contributed by atoms with Crippen LogP contribution in [-0.2, 0) is 10.2 Å². The van der Waals surface area contributed by atoms with Gasteiger partial charge in [0, 0.05) is 23.8 Å². The van der Waals surface area contributed by atoms with Gasteiger partial charge in [-0.15, -0.1) is 23.2 Å². The molecule has 0 bridgehead atoms. The van der Waals surface area contributed by atoms with Gasteiger partial charge in [-0.1, -0.05) is 24.3 Å². The minimum absolute atomic E-state index is 0.261. The zero-order valence-electron chi connectivity index (χ0n) is 10.8. The first-order valence-electron chi connectivity index (χ1n) is 6.47. The Hall–Kier alpha value is -0.240. The van der Waals surface area contributed by atoms with Gasteiger partial charge in [-0.05, 0) is 36.8 Å². The molecule has 1 aliphatic carbocycles. The molecule has 0 atom stereocenters. The predicted octanol–water partition coefficient (Wildman–Crippen LogP) is 4.14. The number of halogens is 2. The van der Waals surface area contributed by atoms with E-state index in [-0.39, 0.29) is 5.41 Å². The van der Waals surface area contributed by atoms with Gasteiger partial charge in [0.25, 0.3) is 0 Å². The van der Waals surface area contributed by atoms with E-state index < -0.39 is 0 Å². The number of alkyl halides is 2. The second-order valence-electron chi connectivity index (χ2n) is 5.32. The molecule has 0 radical (unpaired) electrons. The summed E-state index contributed by atoms with van der Waals surface area (Å²) in [5, 5.41) is 0. The largest absolute Gasteiger partial charge is 0.380 e. The Bertz CT molecular complexity index is 384. The van der Waals surface area contributed by atoms with E-state index in [1.165, 1.54) is 24.0 Å². The second-order valence-corrected chi connectivity index (χ2v) is 5.86. The SMILES string of the molecule is Cc1ccccc1C(CCl)(CCl)COCC1CC1. The fourth-order valence-corrected chi connectivity index (χ4v) is 2.94. The molecule has 0 amide bonds. The number of rotatable bonds is 7. The lowest BCUT2D eigenvalue weighted by molar-refractivity contribution is 0.0887. The average Bonchev–Trinajstić information content (AvgIpc) is 3.20. The van der Waals surface area contributed by atoms with Crippen molar-refractivity contribution in [2.45, 2.75) is 25.2 Å². The van der Waals surface area contributed by atoms with E-state index in [1.54, 1.807) is 0 Å². The van der Waals surface area contributed by atoms with Crippen molar-refractivity contribution in [3.63, 3.8) is 0 Å². The van der Waals surface area contributed by atoms with E-state index >= 15 is 0 Å². The normalized spacial score (nSPS) is 15.9. The first-order valence-corrected chi connectivity index (χ1v) is 7.54. The summed E-state index contributed by atoms with van der Waals surface area (Å²) in [5.74, 6) is 1.75. The number of ether oxygens (including phenoxy) is 1. The second kappa shape index (κ2) is 6.27. The maximum absolute atomic E-state index is 6.20. The summed E-state index contributed by atoms with van der Waals surface area (Å²) in [7, 11) is 0. The molecule has 0 aromatic heterocycles. The minimum Gasteiger partial charge on any atom is -0.380 e. The molecule has 1 fully saturated rings.